The predicted molar refractivity (Wildman–Crippen MR) is 108 cm³/mol. The number of unbranched alkanes of at least 4 members (excludes halogenated alkanes) is 13. The minimum atomic E-state index is -0.526. The SMILES string of the molecule is CCCCCCCCCCCCCCCCOC(=O)ON1CCCCC1. The summed E-state index contributed by atoms with van der Waals surface area (Å²) in [6.07, 6.45) is 21.6. The molecule has 1 heterocycles. The summed E-state index contributed by atoms with van der Waals surface area (Å²) < 4.78 is 5.15. The summed E-state index contributed by atoms with van der Waals surface area (Å²) in [6.45, 7) is 4.45. The van der Waals surface area contributed by atoms with E-state index < -0.39 is 6.16 Å². The van der Waals surface area contributed by atoms with Crippen molar-refractivity contribution >= 4 is 6.16 Å². The minimum absolute atomic E-state index is 0.491. The zero-order chi connectivity index (χ0) is 18.7. The molecule has 1 rings (SSSR count). The summed E-state index contributed by atoms with van der Waals surface area (Å²) >= 11 is 0. The second-order valence-electron chi connectivity index (χ2n) is 7.78. The summed E-state index contributed by atoms with van der Waals surface area (Å²) in [6, 6.07) is 0. The Kier molecular flexibility index (Phi) is 15.8. The molecular formula is C22H43NO3. The Morgan fingerprint density at radius 2 is 1.15 bits per heavy atom. The van der Waals surface area contributed by atoms with E-state index >= 15 is 0 Å². The number of piperidine rings is 1. The van der Waals surface area contributed by atoms with Crippen molar-refractivity contribution < 1.29 is 14.4 Å². The Hall–Kier alpha value is -0.770. The first-order valence-corrected chi connectivity index (χ1v) is 11.4. The van der Waals surface area contributed by atoms with E-state index in [9.17, 15) is 4.79 Å². The van der Waals surface area contributed by atoms with Crippen molar-refractivity contribution in [2.75, 3.05) is 19.7 Å². The highest BCUT2D eigenvalue weighted by atomic mass is 16.8. The second kappa shape index (κ2) is 17.6. The summed E-state index contributed by atoms with van der Waals surface area (Å²) in [5, 5.41) is 1.73. The number of hydrogen-bond donors (Lipinski definition) is 0. The van der Waals surface area contributed by atoms with E-state index in [2.05, 4.69) is 6.92 Å². The number of hydrogen-bond acceptors (Lipinski definition) is 4. The summed E-state index contributed by atoms with van der Waals surface area (Å²) in [4.78, 5) is 16.7. The number of ether oxygens (including phenoxy) is 1. The number of rotatable bonds is 16. The quantitative estimate of drug-likeness (QED) is 0.216. The van der Waals surface area contributed by atoms with Gasteiger partial charge < -0.3 is 9.57 Å². The first kappa shape index (κ1) is 23.3. The van der Waals surface area contributed by atoms with Crippen LogP contribution in [0.2, 0.25) is 0 Å². The molecule has 0 N–H and O–H groups in total. The molecule has 26 heavy (non-hydrogen) atoms. The molecule has 0 unspecified atom stereocenters. The molecule has 0 atom stereocenters. The van der Waals surface area contributed by atoms with Crippen LogP contribution in [0, 0.1) is 0 Å². The molecule has 0 bridgehead atoms. The summed E-state index contributed by atoms with van der Waals surface area (Å²) in [7, 11) is 0. The third-order valence-corrected chi connectivity index (χ3v) is 5.24. The molecule has 154 valence electrons. The number of carbonyl (C=O) groups excluding carboxylic acids is 1. The van der Waals surface area contributed by atoms with Gasteiger partial charge in [-0.05, 0) is 19.3 Å². The van der Waals surface area contributed by atoms with Gasteiger partial charge in [-0.2, -0.15) is 0 Å². The molecule has 0 spiro atoms. The number of hydroxylamine groups is 2. The molecule has 0 aromatic carbocycles. The lowest BCUT2D eigenvalue weighted by Crippen LogP contribution is -2.32. The van der Waals surface area contributed by atoms with E-state index in [1.165, 1.54) is 83.5 Å². The van der Waals surface area contributed by atoms with Crippen molar-refractivity contribution in [2.24, 2.45) is 0 Å². The van der Waals surface area contributed by atoms with Gasteiger partial charge in [-0.3, -0.25) is 0 Å². The predicted octanol–water partition coefficient (Wildman–Crippen LogP) is 7.02. The van der Waals surface area contributed by atoms with Gasteiger partial charge in [0.05, 0.1) is 6.61 Å². The molecule has 0 aromatic heterocycles. The molecule has 1 aliphatic heterocycles. The fourth-order valence-corrected chi connectivity index (χ4v) is 3.54. The summed E-state index contributed by atoms with van der Waals surface area (Å²) in [5.41, 5.74) is 0. The highest BCUT2D eigenvalue weighted by Gasteiger charge is 2.15. The molecule has 4 heteroatoms. The molecule has 1 aliphatic rings. The third kappa shape index (κ3) is 14.4. The average molecular weight is 370 g/mol. The molecule has 0 radical (unpaired) electrons. The minimum Gasteiger partial charge on any atom is -0.433 e. The Balaban J connectivity index is 1.73. The first-order valence-electron chi connectivity index (χ1n) is 11.4. The highest BCUT2D eigenvalue weighted by Crippen LogP contribution is 2.13. The first-order chi connectivity index (χ1) is 12.8. The molecule has 0 saturated carbocycles. The van der Waals surface area contributed by atoms with E-state index in [0.29, 0.717) is 6.61 Å². The molecule has 1 saturated heterocycles. The fourth-order valence-electron chi connectivity index (χ4n) is 3.54. The van der Waals surface area contributed by atoms with Crippen molar-refractivity contribution in [3.8, 4) is 0 Å². The maximum atomic E-state index is 11.6. The van der Waals surface area contributed by atoms with Gasteiger partial charge >= 0.3 is 6.16 Å². The fraction of sp³-hybridized carbons (Fsp3) is 0.955. The standard InChI is InChI=1S/C22H43NO3/c1-2-3-4-5-6-7-8-9-10-11-12-13-14-18-21-25-22(24)26-23-19-16-15-17-20-23/h2-21H2,1H3. The molecular weight excluding hydrogens is 326 g/mol. The molecule has 0 aliphatic carbocycles. The van der Waals surface area contributed by atoms with Crippen LogP contribution in [0.1, 0.15) is 116 Å². The van der Waals surface area contributed by atoms with Crippen LogP contribution in [0.4, 0.5) is 4.79 Å². The molecule has 1 fully saturated rings. The van der Waals surface area contributed by atoms with Crippen LogP contribution >= 0.6 is 0 Å². The zero-order valence-corrected chi connectivity index (χ0v) is 17.3. The maximum absolute atomic E-state index is 11.6. The van der Waals surface area contributed by atoms with E-state index in [4.69, 9.17) is 9.57 Å². The molecule has 0 amide bonds. The Bertz CT molecular complexity index is 317. The van der Waals surface area contributed by atoms with Gasteiger partial charge in [-0.25, -0.2) is 4.79 Å². The van der Waals surface area contributed by atoms with Crippen LogP contribution in [0.5, 0.6) is 0 Å². The van der Waals surface area contributed by atoms with Gasteiger partial charge in [0, 0.05) is 13.1 Å². The Morgan fingerprint density at radius 3 is 1.65 bits per heavy atom. The maximum Gasteiger partial charge on any atom is 0.527 e. The van der Waals surface area contributed by atoms with Crippen molar-refractivity contribution in [1.82, 2.24) is 5.06 Å². The van der Waals surface area contributed by atoms with Crippen LogP contribution in [0.15, 0.2) is 0 Å². The smallest absolute Gasteiger partial charge is 0.433 e. The molecule has 4 nitrogen and oxygen atoms in total. The van der Waals surface area contributed by atoms with Crippen LogP contribution < -0.4 is 0 Å². The highest BCUT2D eigenvalue weighted by molar-refractivity contribution is 5.59. The lowest BCUT2D eigenvalue weighted by Gasteiger charge is -2.24. The van der Waals surface area contributed by atoms with Gasteiger partial charge in [0.1, 0.15) is 0 Å². The number of carbonyl (C=O) groups is 1. The largest absolute Gasteiger partial charge is 0.527 e. The van der Waals surface area contributed by atoms with E-state index in [1.54, 1.807) is 5.06 Å². The van der Waals surface area contributed by atoms with Crippen molar-refractivity contribution in [1.29, 1.82) is 0 Å². The monoisotopic (exact) mass is 369 g/mol. The zero-order valence-electron chi connectivity index (χ0n) is 17.3. The Labute approximate surface area is 161 Å². The van der Waals surface area contributed by atoms with Gasteiger partial charge in [0.15, 0.2) is 0 Å². The third-order valence-electron chi connectivity index (χ3n) is 5.24. The lowest BCUT2D eigenvalue weighted by atomic mass is 10.0. The normalized spacial score (nSPS) is 15.1. The van der Waals surface area contributed by atoms with Crippen LogP contribution in [-0.2, 0) is 9.57 Å². The Morgan fingerprint density at radius 1 is 0.692 bits per heavy atom. The van der Waals surface area contributed by atoms with Crippen LogP contribution in [-0.4, -0.2) is 30.9 Å². The van der Waals surface area contributed by atoms with Crippen molar-refractivity contribution in [2.45, 2.75) is 116 Å². The van der Waals surface area contributed by atoms with Crippen LogP contribution in [0.25, 0.3) is 0 Å². The van der Waals surface area contributed by atoms with Crippen LogP contribution in [0.3, 0.4) is 0 Å². The lowest BCUT2D eigenvalue weighted by molar-refractivity contribution is -0.137. The second-order valence-corrected chi connectivity index (χ2v) is 7.78. The van der Waals surface area contributed by atoms with Gasteiger partial charge in [-0.15, -0.1) is 5.06 Å². The van der Waals surface area contributed by atoms with E-state index in [-0.39, 0.29) is 0 Å². The van der Waals surface area contributed by atoms with E-state index in [0.717, 1.165) is 38.8 Å². The van der Waals surface area contributed by atoms with Gasteiger partial charge in [0.2, 0.25) is 0 Å². The van der Waals surface area contributed by atoms with Crippen molar-refractivity contribution in [3.63, 3.8) is 0 Å². The van der Waals surface area contributed by atoms with Crippen molar-refractivity contribution in [3.05, 3.63) is 0 Å². The summed E-state index contributed by atoms with van der Waals surface area (Å²) in [5.74, 6) is 0. The van der Waals surface area contributed by atoms with Gasteiger partial charge in [0.25, 0.3) is 0 Å². The number of nitrogens with zero attached hydrogens (tertiary/aromatic N) is 1. The molecule has 0 aromatic rings. The van der Waals surface area contributed by atoms with E-state index in [1.807, 2.05) is 0 Å². The topological polar surface area (TPSA) is 38.8 Å². The average Bonchev–Trinajstić information content (AvgIpc) is 2.65. The van der Waals surface area contributed by atoms with Gasteiger partial charge in [-0.1, -0.05) is 96.8 Å².